The lowest BCUT2D eigenvalue weighted by Crippen LogP contribution is -2.28. The van der Waals surface area contributed by atoms with Crippen LogP contribution in [0, 0.1) is 17.1 Å². The lowest BCUT2D eigenvalue weighted by Gasteiger charge is -2.26. The van der Waals surface area contributed by atoms with E-state index in [9.17, 15) is 14.4 Å². The van der Waals surface area contributed by atoms with Crippen LogP contribution >= 0.6 is 0 Å². The number of benzene rings is 1. The number of allylic oxidation sites excluding steroid dienone is 1. The summed E-state index contributed by atoms with van der Waals surface area (Å²) in [5, 5.41) is 9.44. The number of pyridine rings is 1. The number of aromatic nitrogens is 1. The van der Waals surface area contributed by atoms with Crippen LogP contribution in [0.2, 0.25) is 0 Å². The number of nitriles is 1. The van der Waals surface area contributed by atoms with Crippen molar-refractivity contribution >= 4 is 0 Å². The molecule has 1 atom stereocenters. The van der Waals surface area contributed by atoms with E-state index < -0.39 is 11.7 Å². The molecule has 0 aliphatic carbocycles. The molecule has 0 radical (unpaired) electrons. The van der Waals surface area contributed by atoms with E-state index >= 15 is 0 Å². The van der Waals surface area contributed by atoms with Gasteiger partial charge in [0.05, 0.1) is 11.5 Å². The van der Waals surface area contributed by atoms with Crippen LogP contribution in [0.4, 0.5) is 4.39 Å². The first-order valence-electron chi connectivity index (χ1n) is 7.64. The Hall–Kier alpha value is -3.07. The maximum Gasteiger partial charge on any atom is 0.256 e. The third-order valence-corrected chi connectivity index (χ3v) is 3.97. The highest BCUT2D eigenvalue weighted by Crippen LogP contribution is 2.40. The van der Waals surface area contributed by atoms with Crippen molar-refractivity contribution in [1.29, 1.82) is 5.26 Å². The van der Waals surface area contributed by atoms with Crippen LogP contribution < -0.4 is 16.0 Å². The van der Waals surface area contributed by atoms with Crippen molar-refractivity contribution in [3.63, 3.8) is 0 Å². The van der Waals surface area contributed by atoms with Gasteiger partial charge in [-0.1, -0.05) is 25.5 Å². The normalized spacial score (nSPS) is 16.3. The third-order valence-electron chi connectivity index (χ3n) is 3.97. The summed E-state index contributed by atoms with van der Waals surface area (Å²) in [5.41, 5.74) is 7.09. The van der Waals surface area contributed by atoms with Crippen LogP contribution in [0.15, 0.2) is 46.6 Å². The number of hydrogen-bond acceptors (Lipinski definition) is 4. The lowest BCUT2D eigenvalue weighted by molar-refractivity contribution is 0.390. The summed E-state index contributed by atoms with van der Waals surface area (Å²) in [6, 6.07) is 9.49. The Balaban J connectivity index is 2.25. The molecule has 0 fully saturated rings. The van der Waals surface area contributed by atoms with Gasteiger partial charge in [-0.05, 0) is 24.1 Å². The number of fused-ring (bicyclic) bond motifs is 1. The SMILES string of the molecule is CCCc1cc2c(c(=O)[nH]1)C(c1cccc(F)c1)C(C#N)=C(N)O2. The van der Waals surface area contributed by atoms with Gasteiger partial charge in [-0.25, -0.2) is 4.39 Å². The van der Waals surface area contributed by atoms with E-state index in [1.54, 1.807) is 12.1 Å². The van der Waals surface area contributed by atoms with Crippen LogP contribution in [0.25, 0.3) is 0 Å². The van der Waals surface area contributed by atoms with Crippen LogP contribution in [0.1, 0.15) is 36.1 Å². The van der Waals surface area contributed by atoms with E-state index in [4.69, 9.17) is 10.5 Å². The molecule has 0 saturated heterocycles. The van der Waals surface area contributed by atoms with E-state index in [1.165, 1.54) is 18.2 Å². The molecule has 1 unspecified atom stereocenters. The summed E-state index contributed by atoms with van der Waals surface area (Å²) in [6.45, 7) is 2.00. The van der Waals surface area contributed by atoms with Crippen molar-refractivity contribution in [2.45, 2.75) is 25.7 Å². The number of halogens is 1. The minimum Gasteiger partial charge on any atom is -0.440 e. The number of H-pyrrole nitrogens is 1. The highest BCUT2D eigenvalue weighted by molar-refractivity contribution is 5.55. The molecule has 3 N–H and O–H groups in total. The quantitative estimate of drug-likeness (QED) is 0.907. The summed E-state index contributed by atoms with van der Waals surface area (Å²) in [4.78, 5) is 15.4. The second-order valence-corrected chi connectivity index (χ2v) is 5.63. The number of rotatable bonds is 3. The number of nitrogens with one attached hydrogen (secondary N) is 1. The number of aromatic amines is 1. The standard InChI is InChI=1S/C18H16FN3O2/c1-2-4-12-8-14-16(18(23)22-12)15(13(9-20)17(21)24-14)10-5-3-6-11(19)7-10/h3,5-8,15H,2,4,21H2,1H3,(H,22,23). The van der Waals surface area contributed by atoms with E-state index in [0.717, 1.165) is 12.1 Å². The Morgan fingerprint density at radius 2 is 2.21 bits per heavy atom. The molecule has 1 aromatic carbocycles. The molecule has 5 nitrogen and oxygen atoms in total. The van der Waals surface area contributed by atoms with Gasteiger partial charge < -0.3 is 15.5 Å². The molecule has 0 bridgehead atoms. The number of hydrogen-bond donors (Lipinski definition) is 2. The number of aryl methyl sites for hydroxylation is 1. The van der Waals surface area contributed by atoms with Crippen LogP contribution in [-0.2, 0) is 6.42 Å². The summed E-state index contributed by atoms with van der Waals surface area (Å²) >= 11 is 0. The fraction of sp³-hybridized carbons (Fsp3) is 0.222. The topological polar surface area (TPSA) is 91.9 Å². The van der Waals surface area contributed by atoms with Gasteiger partial charge in [0.25, 0.3) is 5.56 Å². The zero-order chi connectivity index (χ0) is 17.3. The lowest BCUT2D eigenvalue weighted by atomic mass is 9.84. The van der Waals surface area contributed by atoms with Gasteiger partial charge in [-0.15, -0.1) is 0 Å². The number of ether oxygens (including phenoxy) is 1. The van der Waals surface area contributed by atoms with Crippen molar-refractivity contribution in [3.8, 4) is 11.8 Å². The third kappa shape index (κ3) is 2.65. The van der Waals surface area contributed by atoms with Gasteiger partial charge in [-0.3, -0.25) is 4.79 Å². The Morgan fingerprint density at radius 3 is 2.88 bits per heavy atom. The molecule has 0 spiro atoms. The van der Waals surface area contributed by atoms with Crippen molar-refractivity contribution in [3.05, 3.63) is 74.8 Å². The van der Waals surface area contributed by atoms with Gasteiger partial charge in [-0.2, -0.15) is 5.26 Å². The molecular weight excluding hydrogens is 309 g/mol. The zero-order valence-electron chi connectivity index (χ0n) is 13.1. The van der Waals surface area contributed by atoms with Crippen LogP contribution in [-0.4, -0.2) is 4.98 Å². The Morgan fingerprint density at radius 1 is 1.42 bits per heavy atom. The predicted octanol–water partition coefficient (Wildman–Crippen LogP) is 2.68. The van der Waals surface area contributed by atoms with Crippen molar-refractivity contribution < 1.29 is 9.13 Å². The number of nitrogens with two attached hydrogens (primary N) is 1. The van der Waals surface area contributed by atoms with E-state index in [0.29, 0.717) is 17.7 Å². The van der Waals surface area contributed by atoms with Crippen LogP contribution in [0.5, 0.6) is 5.75 Å². The summed E-state index contributed by atoms with van der Waals surface area (Å²) < 4.78 is 19.2. The second-order valence-electron chi connectivity index (χ2n) is 5.63. The van der Waals surface area contributed by atoms with E-state index in [-0.39, 0.29) is 22.6 Å². The Labute approximate surface area is 138 Å². The first-order chi connectivity index (χ1) is 11.5. The first-order valence-corrected chi connectivity index (χ1v) is 7.64. The molecule has 24 heavy (non-hydrogen) atoms. The minimum absolute atomic E-state index is 0.0627. The zero-order valence-corrected chi connectivity index (χ0v) is 13.1. The summed E-state index contributed by atoms with van der Waals surface area (Å²) in [6.07, 6.45) is 1.54. The van der Waals surface area contributed by atoms with Crippen LogP contribution in [0.3, 0.4) is 0 Å². The summed E-state index contributed by atoms with van der Waals surface area (Å²) in [5.74, 6) is -0.954. The molecule has 0 saturated carbocycles. The average Bonchev–Trinajstić information content (AvgIpc) is 2.53. The molecule has 3 rings (SSSR count). The van der Waals surface area contributed by atoms with E-state index in [2.05, 4.69) is 4.98 Å². The van der Waals surface area contributed by atoms with Gasteiger partial charge in [0.1, 0.15) is 23.2 Å². The molecule has 1 aliphatic rings. The molecule has 2 aromatic rings. The minimum atomic E-state index is -0.756. The second kappa shape index (κ2) is 6.20. The maximum absolute atomic E-state index is 13.6. The molecule has 6 heteroatoms. The predicted molar refractivity (Wildman–Crippen MR) is 86.8 cm³/mol. The van der Waals surface area contributed by atoms with Crippen molar-refractivity contribution in [2.75, 3.05) is 0 Å². The summed E-state index contributed by atoms with van der Waals surface area (Å²) in [7, 11) is 0. The van der Waals surface area contributed by atoms with Crippen molar-refractivity contribution in [1.82, 2.24) is 4.98 Å². The van der Waals surface area contributed by atoms with Gasteiger partial charge in [0.15, 0.2) is 0 Å². The maximum atomic E-state index is 13.6. The van der Waals surface area contributed by atoms with Crippen molar-refractivity contribution in [2.24, 2.45) is 5.73 Å². The fourth-order valence-corrected chi connectivity index (χ4v) is 2.96. The molecule has 1 aromatic heterocycles. The van der Waals surface area contributed by atoms with E-state index in [1.807, 2.05) is 13.0 Å². The highest BCUT2D eigenvalue weighted by Gasteiger charge is 2.33. The molecule has 122 valence electrons. The number of nitrogens with zero attached hydrogens (tertiary/aromatic N) is 1. The molecule has 2 heterocycles. The molecule has 0 amide bonds. The largest absolute Gasteiger partial charge is 0.440 e. The monoisotopic (exact) mass is 325 g/mol. The Bertz CT molecular complexity index is 925. The van der Waals surface area contributed by atoms with Gasteiger partial charge in [0.2, 0.25) is 5.88 Å². The fourth-order valence-electron chi connectivity index (χ4n) is 2.96. The Kier molecular flexibility index (Phi) is 4.09. The molecule has 1 aliphatic heterocycles. The van der Waals surface area contributed by atoms with Gasteiger partial charge in [0, 0.05) is 11.8 Å². The molecular formula is C18H16FN3O2. The first kappa shape index (κ1) is 15.8. The average molecular weight is 325 g/mol. The smallest absolute Gasteiger partial charge is 0.256 e. The van der Waals surface area contributed by atoms with Gasteiger partial charge >= 0.3 is 0 Å². The highest BCUT2D eigenvalue weighted by atomic mass is 19.1.